The molecular formula is C19H21Cl2NO4. The monoisotopic (exact) mass is 397 g/mol. The molecule has 1 N–H and O–H groups in total. The van der Waals surface area contributed by atoms with Crippen LogP contribution in [0.15, 0.2) is 54.6 Å². The molecule has 1 unspecified atom stereocenters. The van der Waals surface area contributed by atoms with Crippen molar-refractivity contribution in [2.75, 3.05) is 20.3 Å². The average molecular weight is 398 g/mol. The summed E-state index contributed by atoms with van der Waals surface area (Å²) in [6, 6.07) is 16.8. The van der Waals surface area contributed by atoms with E-state index in [4.69, 9.17) is 27.9 Å². The van der Waals surface area contributed by atoms with E-state index in [1.807, 2.05) is 42.5 Å². The molecule has 3 rings (SSSR count). The van der Waals surface area contributed by atoms with Crippen molar-refractivity contribution in [2.45, 2.75) is 13.0 Å². The Balaban J connectivity index is 0.000000235. The highest BCUT2D eigenvalue weighted by molar-refractivity contribution is 6.30. The molecule has 1 atom stereocenters. The minimum atomic E-state index is -0.245. The van der Waals surface area contributed by atoms with Crippen LogP contribution in [-0.2, 0) is 19.1 Å². The summed E-state index contributed by atoms with van der Waals surface area (Å²) in [6.45, 7) is 2.04. The molecule has 2 aromatic rings. The Morgan fingerprint density at radius 2 is 1.62 bits per heavy atom. The van der Waals surface area contributed by atoms with Crippen LogP contribution in [0.4, 0.5) is 0 Å². The number of hydrogen-bond donors (Lipinski definition) is 1. The molecule has 0 bridgehead atoms. The lowest BCUT2D eigenvalue weighted by molar-refractivity contribution is -0.138. The molecule has 0 saturated carbocycles. The van der Waals surface area contributed by atoms with Crippen molar-refractivity contribution in [1.29, 1.82) is 0 Å². The fraction of sp³-hybridized carbons (Fsp3) is 0.263. The van der Waals surface area contributed by atoms with Crippen LogP contribution in [0.3, 0.4) is 0 Å². The minimum Gasteiger partial charge on any atom is -0.469 e. The van der Waals surface area contributed by atoms with Crippen molar-refractivity contribution in [1.82, 2.24) is 5.32 Å². The van der Waals surface area contributed by atoms with Crippen molar-refractivity contribution < 1.29 is 19.1 Å². The van der Waals surface area contributed by atoms with Crippen molar-refractivity contribution in [3.8, 4) is 0 Å². The van der Waals surface area contributed by atoms with E-state index in [2.05, 4.69) is 10.1 Å². The second-order valence-electron chi connectivity index (χ2n) is 5.18. The third-order valence-electron chi connectivity index (χ3n) is 3.15. The number of carbonyl (C=O) groups is 2. The van der Waals surface area contributed by atoms with Crippen LogP contribution in [-0.4, -0.2) is 32.2 Å². The maximum atomic E-state index is 11.1. The maximum absolute atomic E-state index is 11.1. The molecule has 7 heteroatoms. The third-order valence-corrected chi connectivity index (χ3v) is 3.65. The highest BCUT2D eigenvalue weighted by Crippen LogP contribution is 2.18. The summed E-state index contributed by atoms with van der Waals surface area (Å²) in [6.07, 6.45) is 0. The van der Waals surface area contributed by atoms with E-state index in [9.17, 15) is 9.59 Å². The number of ether oxygens (including phenoxy) is 2. The molecule has 140 valence electrons. The quantitative estimate of drug-likeness (QED) is 0.737. The summed E-state index contributed by atoms with van der Waals surface area (Å²) in [5.41, 5.74) is 1.02. The number of esters is 1. The first-order valence-corrected chi connectivity index (χ1v) is 8.55. The second kappa shape index (κ2) is 12.3. The van der Waals surface area contributed by atoms with Crippen molar-refractivity contribution in [3.05, 3.63) is 70.2 Å². The normalized spacial score (nSPS) is 15.4. The van der Waals surface area contributed by atoms with Gasteiger partial charge in [-0.25, -0.2) is 0 Å². The van der Waals surface area contributed by atoms with E-state index in [-0.39, 0.29) is 24.5 Å². The lowest BCUT2D eigenvalue weighted by Gasteiger charge is -2.23. The van der Waals surface area contributed by atoms with Gasteiger partial charge >= 0.3 is 5.97 Å². The smallest absolute Gasteiger partial charge is 0.302 e. The number of halogens is 2. The van der Waals surface area contributed by atoms with Gasteiger partial charge in [0.15, 0.2) is 0 Å². The summed E-state index contributed by atoms with van der Waals surface area (Å²) in [5.74, 6) is -0.318. The van der Waals surface area contributed by atoms with Crippen molar-refractivity contribution in [2.24, 2.45) is 0 Å². The zero-order chi connectivity index (χ0) is 19.4. The number of rotatable bonds is 1. The Labute approximate surface area is 163 Å². The molecule has 0 spiro atoms. The van der Waals surface area contributed by atoms with E-state index < -0.39 is 0 Å². The summed E-state index contributed by atoms with van der Waals surface area (Å²) in [5, 5.41) is 4.33. The molecule has 26 heavy (non-hydrogen) atoms. The van der Waals surface area contributed by atoms with Gasteiger partial charge in [0.2, 0.25) is 5.91 Å². The third kappa shape index (κ3) is 9.42. The summed E-state index contributed by atoms with van der Waals surface area (Å²) < 4.78 is 9.25. The first-order chi connectivity index (χ1) is 12.4. The molecule has 5 nitrogen and oxygen atoms in total. The van der Waals surface area contributed by atoms with Crippen molar-refractivity contribution in [3.63, 3.8) is 0 Å². The topological polar surface area (TPSA) is 64.6 Å². The number of carbonyl (C=O) groups excluding carboxylic acids is 2. The number of hydrogen-bond acceptors (Lipinski definition) is 4. The molecule has 1 aliphatic heterocycles. The summed E-state index contributed by atoms with van der Waals surface area (Å²) in [7, 11) is 1.35. The van der Waals surface area contributed by atoms with E-state index in [1.54, 1.807) is 12.1 Å². The number of nitrogens with one attached hydrogen (secondary N) is 1. The van der Waals surface area contributed by atoms with Gasteiger partial charge < -0.3 is 14.8 Å². The van der Waals surface area contributed by atoms with Crippen LogP contribution in [0.2, 0.25) is 10.0 Å². The molecule has 1 amide bonds. The lowest BCUT2D eigenvalue weighted by atomic mass is 10.1. The van der Waals surface area contributed by atoms with Gasteiger partial charge in [-0.15, -0.1) is 0 Å². The summed E-state index contributed by atoms with van der Waals surface area (Å²) in [4.78, 5) is 20.6. The molecule has 0 aromatic heterocycles. The van der Waals surface area contributed by atoms with E-state index >= 15 is 0 Å². The fourth-order valence-electron chi connectivity index (χ4n) is 1.84. The van der Waals surface area contributed by atoms with Gasteiger partial charge in [-0.05, 0) is 29.8 Å². The van der Waals surface area contributed by atoms with Crippen LogP contribution in [0.25, 0.3) is 0 Å². The second-order valence-corrected chi connectivity index (χ2v) is 6.05. The molecule has 1 aliphatic rings. The van der Waals surface area contributed by atoms with Gasteiger partial charge in [-0.1, -0.05) is 53.5 Å². The highest BCUT2D eigenvalue weighted by Gasteiger charge is 2.19. The SMILES string of the molecule is COC(C)=O.Clc1ccccc1.O=C1COCC(c2ccc(Cl)cc2)N1. The predicted molar refractivity (Wildman–Crippen MR) is 102 cm³/mol. The van der Waals surface area contributed by atoms with Crippen LogP contribution >= 0.6 is 23.2 Å². The Morgan fingerprint density at radius 3 is 2.04 bits per heavy atom. The fourth-order valence-corrected chi connectivity index (χ4v) is 2.11. The van der Waals surface area contributed by atoms with Crippen LogP contribution in [0.5, 0.6) is 0 Å². The first kappa shape index (κ1) is 22.0. The standard InChI is InChI=1S/C10H10ClNO2.C6H5Cl.C3H6O2/c11-8-3-1-7(2-4-8)9-5-14-6-10(13)12-9;7-6-4-2-1-3-5-6;1-3(4)5-2/h1-4,9H,5-6H2,(H,12,13);1-5H;1-2H3. The Bertz CT molecular complexity index is 678. The van der Waals surface area contributed by atoms with Gasteiger partial charge in [-0.3, -0.25) is 9.59 Å². The van der Waals surface area contributed by atoms with Crippen molar-refractivity contribution >= 4 is 35.1 Å². The molecule has 0 aliphatic carbocycles. The highest BCUT2D eigenvalue weighted by atomic mass is 35.5. The molecular weight excluding hydrogens is 377 g/mol. The lowest BCUT2D eigenvalue weighted by Crippen LogP contribution is -2.39. The van der Waals surface area contributed by atoms with Gasteiger partial charge in [0.25, 0.3) is 0 Å². The number of amides is 1. The van der Waals surface area contributed by atoms with Crippen LogP contribution in [0, 0.1) is 0 Å². The minimum absolute atomic E-state index is 0.0477. The molecule has 1 fully saturated rings. The average Bonchev–Trinajstić information content (AvgIpc) is 2.64. The predicted octanol–water partition coefficient (Wildman–Crippen LogP) is 4.05. The maximum Gasteiger partial charge on any atom is 0.302 e. The molecule has 0 radical (unpaired) electrons. The molecule has 1 saturated heterocycles. The largest absolute Gasteiger partial charge is 0.469 e. The number of benzene rings is 2. The van der Waals surface area contributed by atoms with Gasteiger partial charge in [0.05, 0.1) is 19.8 Å². The zero-order valence-corrected chi connectivity index (χ0v) is 16.1. The van der Waals surface area contributed by atoms with E-state index in [0.29, 0.717) is 11.6 Å². The van der Waals surface area contributed by atoms with Crippen LogP contribution in [0.1, 0.15) is 18.5 Å². The van der Waals surface area contributed by atoms with Crippen LogP contribution < -0.4 is 5.32 Å². The van der Waals surface area contributed by atoms with E-state index in [1.165, 1.54) is 14.0 Å². The van der Waals surface area contributed by atoms with Gasteiger partial charge in [-0.2, -0.15) is 0 Å². The van der Waals surface area contributed by atoms with Gasteiger partial charge in [0, 0.05) is 17.0 Å². The summed E-state index contributed by atoms with van der Waals surface area (Å²) >= 11 is 11.3. The Kier molecular flexibility index (Phi) is 10.4. The van der Waals surface area contributed by atoms with Gasteiger partial charge in [0.1, 0.15) is 6.61 Å². The Hall–Kier alpha value is -2.08. The number of methoxy groups -OCH3 is 1. The zero-order valence-electron chi connectivity index (χ0n) is 14.6. The Morgan fingerprint density at radius 1 is 1.08 bits per heavy atom. The molecule has 1 heterocycles. The first-order valence-electron chi connectivity index (χ1n) is 7.80. The molecule has 2 aromatic carbocycles. The van der Waals surface area contributed by atoms with E-state index in [0.717, 1.165) is 10.6 Å². The number of morpholine rings is 1.